The van der Waals surface area contributed by atoms with Crippen LogP contribution in [-0.2, 0) is 11.3 Å². The third-order valence-corrected chi connectivity index (χ3v) is 3.24. The zero-order valence-corrected chi connectivity index (χ0v) is 9.74. The second-order valence-electron chi connectivity index (χ2n) is 4.34. The summed E-state index contributed by atoms with van der Waals surface area (Å²) in [7, 11) is 0. The summed E-state index contributed by atoms with van der Waals surface area (Å²) in [4.78, 5) is 11.1. The first-order chi connectivity index (χ1) is 8.75. The molecule has 0 fully saturated rings. The second kappa shape index (κ2) is 4.22. The van der Waals surface area contributed by atoms with Crippen LogP contribution in [0.25, 0.3) is 0 Å². The van der Waals surface area contributed by atoms with Crippen LogP contribution in [0.2, 0.25) is 0 Å². The third-order valence-electron chi connectivity index (χ3n) is 3.24. The molecule has 1 aliphatic rings. The number of carboxylic acids is 1. The Morgan fingerprint density at radius 1 is 1.22 bits per heavy atom. The molecule has 3 rings (SSSR count). The Morgan fingerprint density at radius 3 is 2.72 bits per heavy atom. The van der Waals surface area contributed by atoms with Gasteiger partial charge in [-0.15, -0.1) is 0 Å². The lowest BCUT2D eigenvalue weighted by atomic mass is 10.1. The predicted molar refractivity (Wildman–Crippen MR) is 65.9 cm³/mol. The maximum atomic E-state index is 11.1. The summed E-state index contributed by atoms with van der Waals surface area (Å²) in [5, 5.41) is 9.10. The molecule has 18 heavy (non-hydrogen) atoms. The van der Waals surface area contributed by atoms with Crippen molar-refractivity contribution in [2.75, 3.05) is 0 Å². The van der Waals surface area contributed by atoms with E-state index in [1.807, 2.05) is 47.0 Å². The van der Waals surface area contributed by atoms with E-state index in [2.05, 4.69) is 0 Å². The van der Waals surface area contributed by atoms with Crippen LogP contribution in [0, 0.1) is 0 Å². The van der Waals surface area contributed by atoms with Crippen LogP contribution in [-0.4, -0.2) is 15.6 Å². The molecular formula is C14H13NO3. The molecule has 0 bridgehead atoms. The number of carboxylic acid groups (broad SMARTS) is 1. The quantitative estimate of drug-likeness (QED) is 0.901. The maximum Gasteiger partial charge on any atom is 0.312 e. The molecule has 0 saturated heterocycles. The van der Waals surface area contributed by atoms with Gasteiger partial charge < -0.3 is 14.4 Å². The van der Waals surface area contributed by atoms with Gasteiger partial charge in [-0.1, -0.05) is 18.2 Å². The molecule has 1 aliphatic heterocycles. The standard InChI is InChI=1S/C14H13NO3/c16-14(17)11-8-9-15-12(11)6-7-13(15)18-10-4-2-1-3-5-10/h1-7,11H,8-9H2,(H,16,17). The van der Waals surface area contributed by atoms with Crippen molar-refractivity contribution >= 4 is 5.97 Å². The highest BCUT2D eigenvalue weighted by Gasteiger charge is 2.30. The lowest BCUT2D eigenvalue weighted by molar-refractivity contribution is -0.138. The summed E-state index contributed by atoms with van der Waals surface area (Å²) in [5.41, 5.74) is 0.827. The van der Waals surface area contributed by atoms with Crippen molar-refractivity contribution in [1.29, 1.82) is 0 Å². The van der Waals surface area contributed by atoms with Crippen LogP contribution in [0.1, 0.15) is 18.0 Å². The highest BCUT2D eigenvalue weighted by molar-refractivity contribution is 5.76. The zero-order chi connectivity index (χ0) is 12.5. The van der Waals surface area contributed by atoms with Crippen LogP contribution >= 0.6 is 0 Å². The van der Waals surface area contributed by atoms with Crippen molar-refractivity contribution < 1.29 is 14.6 Å². The fourth-order valence-corrected chi connectivity index (χ4v) is 2.36. The van der Waals surface area contributed by atoms with Gasteiger partial charge in [-0.05, 0) is 24.6 Å². The van der Waals surface area contributed by atoms with Crippen molar-refractivity contribution in [1.82, 2.24) is 4.57 Å². The van der Waals surface area contributed by atoms with Gasteiger partial charge in [0, 0.05) is 18.3 Å². The summed E-state index contributed by atoms with van der Waals surface area (Å²) in [6.45, 7) is 0.696. The van der Waals surface area contributed by atoms with E-state index in [0.717, 1.165) is 11.4 Å². The summed E-state index contributed by atoms with van der Waals surface area (Å²) in [6.07, 6.45) is 0.636. The lowest BCUT2D eigenvalue weighted by Crippen LogP contribution is -2.07. The van der Waals surface area contributed by atoms with Crippen LogP contribution in [0.15, 0.2) is 42.5 Å². The van der Waals surface area contributed by atoms with Gasteiger partial charge in [-0.3, -0.25) is 4.79 Å². The third kappa shape index (κ3) is 1.76. The lowest BCUT2D eigenvalue weighted by Gasteiger charge is -2.07. The molecule has 0 radical (unpaired) electrons. The molecule has 2 aromatic rings. The van der Waals surface area contributed by atoms with Gasteiger partial charge in [0.05, 0.1) is 5.92 Å². The van der Waals surface area contributed by atoms with E-state index < -0.39 is 11.9 Å². The molecule has 0 saturated carbocycles. The molecule has 1 aromatic heterocycles. The number of fused-ring (bicyclic) bond motifs is 1. The average molecular weight is 243 g/mol. The molecule has 4 heteroatoms. The maximum absolute atomic E-state index is 11.1. The molecule has 1 atom stereocenters. The Balaban J connectivity index is 1.88. The average Bonchev–Trinajstić information content (AvgIpc) is 2.93. The predicted octanol–water partition coefficient (Wildman–Crippen LogP) is 2.85. The number of carbonyl (C=O) groups is 1. The number of hydrogen-bond donors (Lipinski definition) is 1. The number of aromatic nitrogens is 1. The Kier molecular flexibility index (Phi) is 2.55. The van der Waals surface area contributed by atoms with E-state index >= 15 is 0 Å². The molecule has 0 spiro atoms. The Bertz CT molecular complexity index is 574. The Labute approximate surface area is 104 Å². The van der Waals surface area contributed by atoms with Gasteiger partial charge in [0.15, 0.2) is 5.88 Å². The van der Waals surface area contributed by atoms with E-state index in [-0.39, 0.29) is 0 Å². The van der Waals surface area contributed by atoms with E-state index in [1.54, 1.807) is 0 Å². The first kappa shape index (κ1) is 10.9. The molecule has 1 unspecified atom stereocenters. The topological polar surface area (TPSA) is 51.5 Å². The first-order valence-corrected chi connectivity index (χ1v) is 5.91. The Morgan fingerprint density at radius 2 is 2.00 bits per heavy atom. The molecule has 92 valence electrons. The number of aliphatic carboxylic acids is 1. The normalized spacial score (nSPS) is 17.4. The van der Waals surface area contributed by atoms with E-state index in [9.17, 15) is 4.79 Å². The summed E-state index contributed by atoms with van der Waals surface area (Å²) in [5.74, 6) is 0.299. The van der Waals surface area contributed by atoms with Crippen molar-refractivity contribution in [2.45, 2.75) is 18.9 Å². The smallest absolute Gasteiger partial charge is 0.312 e. The molecule has 2 heterocycles. The molecule has 4 nitrogen and oxygen atoms in total. The van der Waals surface area contributed by atoms with E-state index in [0.29, 0.717) is 18.8 Å². The number of ether oxygens (including phenoxy) is 1. The van der Waals surface area contributed by atoms with E-state index in [1.165, 1.54) is 0 Å². The van der Waals surface area contributed by atoms with Crippen LogP contribution in [0.4, 0.5) is 0 Å². The molecule has 1 aromatic carbocycles. The number of benzene rings is 1. The molecular weight excluding hydrogens is 230 g/mol. The first-order valence-electron chi connectivity index (χ1n) is 5.91. The summed E-state index contributed by atoms with van der Waals surface area (Å²) >= 11 is 0. The molecule has 0 amide bonds. The largest absolute Gasteiger partial charge is 0.481 e. The summed E-state index contributed by atoms with van der Waals surface area (Å²) in [6, 6.07) is 13.2. The summed E-state index contributed by atoms with van der Waals surface area (Å²) < 4.78 is 7.70. The molecule has 0 aliphatic carbocycles. The number of rotatable bonds is 3. The minimum atomic E-state index is -0.766. The van der Waals surface area contributed by atoms with E-state index in [4.69, 9.17) is 9.84 Å². The number of para-hydroxylation sites is 1. The zero-order valence-electron chi connectivity index (χ0n) is 9.74. The van der Waals surface area contributed by atoms with Crippen LogP contribution < -0.4 is 4.74 Å². The highest BCUT2D eigenvalue weighted by Crippen LogP contribution is 2.35. The number of nitrogens with zero attached hydrogens (tertiary/aromatic N) is 1. The van der Waals surface area contributed by atoms with Gasteiger partial charge in [-0.25, -0.2) is 0 Å². The minimum Gasteiger partial charge on any atom is -0.481 e. The monoisotopic (exact) mass is 243 g/mol. The van der Waals surface area contributed by atoms with Gasteiger partial charge in [-0.2, -0.15) is 0 Å². The second-order valence-corrected chi connectivity index (χ2v) is 4.34. The number of hydrogen-bond acceptors (Lipinski definition) is 2. The van der Waals surface area contributed by atoms with Gasteiger partial charge >= 0.3 is 5.97 Å². The van der Waals surface area contributed by atoms with Crippen molar-refractivity contribution in [2.24, 2.45) is 0 Å². The van der Waals surface area contributed by atoms with Crippen molar-refractivity contribution in [3.63, 3.8) is 0 Å². The van der Waals surface area contributed by atoms with Gasteiger partial charge in [0.2, 0.25) is 0 Å². The van der Waals surface area contributed by atoms with Crippen molar-refractivity contribution in [3.05, 3.63) is 48.2 Å². The minimum absolute atomic E-state index is 0.405. The molecule has 1 N–H and O–H groups in total. The van der Waals surface area contributed by atoms with Crippen molar-refractivity contribution in [3.8, 4) is 11.6 Å². The highest BCUT2D eigenvalue weighted by atomic mass is 16.5. The van der Waals surface area contributed by atoms with Gasteiger partial charge in [0.1, 0.15) is 5.75 Å². The Hall–Kier alpha value is -2.23. The van der Waals surface area contributed by atoms with Crippen LogP contribution in [0.5, 0.6) is 11.6 Å². The van der Waals surface area contributed by atoms with Crippen LogP contribution in [0.3, 0.4) is 0 Å². The fourth-order valence-electron chi connectivity index (χ4n) is 2.36. The van der Waals surface area contributed by atoms with Gasteiger partial charge in [0.25, 0.3) is 0 Å². The SMILES string of the molecule is O=C(O)C1CCn2c(Oc3ccccc3)ccc21. The fraction of sp³-hybridized carbons (Fsp3) is 0.214.